The van der Waals surface area contributed by atoms with Crippen molar-refractivity contribution in [3.05, 3.63) is 35.4 Å². The molecule has 0 unspecified atom stereocenters. The molecule has 0 aliphatic carbocycles. The molecule has 0 aromatic heterocycles. The zero-order chi connectivity index (χ0) is 16.0. The molecule has 0 aliphatic rings. The van der Waals surface area contributed by atoms with Crippen LogP contribution < -0.4 is 0 Å². The Balaban J connectivity index is 2.42. The first-order valence-electron chi connectivity index (χ1n) is 7.12. The topological polar surface area (TPSA) is 43.4 Å². The van der Waals surface area contributed by atoms with Crippen LogP contribution in [0.5, 0.6) is 0 Å². The van der Waals surface area contributed by atoms with E-state index in [0.717, 1.165) is 0 Å². The average Bonchev–Trinajstić information content (AvgIpc) is 2.36. The van der Waals surface area contributed by atoms with Crippen LogP contribution in [0.3, 0.4) is 0 Å². The second kappa shape index (κ2) is 7.64. The molecule has 0 atom stereocenters. The Morgan fingerprint density at radius 2 is 1.67 bits per heavy atom. The molecule has 3 nitrogen and oxygen atoms in total. The summed E-state index contributed by atoms with van der Waals surface area (Å²) in [6.07, 6.45) is 0. The Labute approximate surface area is 131 Å². The molecule has 0 N–H and O–H groups in total. The Bertz CT molecular complexity index is 484. The summed E-state index contributed by atoms with van der Waals surface area (Å²) in [6, 6.07) is 7.67. The summed E-state index contributed by atoms with van der Waals surface area (Å²) in [7, 11) is 0. The molecule has 0 bridgehead atoms. The fourth-order valence-electron chi connectivity index (χ4n) is 1.74. The van der Waals surface area contributed by atoms with E-state index in [1.165, 1.54) is 17.3 Å². The van der Waals surface area contributed by atoms with Crippen LogP contribution in [0, 0.1) is 0 Å². The van der Waals surface area contributed by atoms with E-state index in [0.29, 0.717) is 17.2 Å². The number of ether oxygens (including phenoxy) is 1. The maximum absolute atomic E-state index is 12.0. The van der Waals surface area contributed by atoms with Crippen LogP contribution >= 0.6 is 11.8 Å². The third-order valence-electron chi connectivity index (χ3n) is 2.77. The van der Waals surface area contributed by atoms with Gasteiger partial charge >= 0.3 is 5.97 Å². The minimum absolute atomic E-state index is 0.0406. The van der Waals surface area contributed by atoms with E-state index in [2.05, 4.69) is 13.8 Å². The van der Waals surface area contributed by atoms with E-state index in [4.69, 9.17) is 4.74 Å². The Morgan fingerprint density at radius 3 is 2.14 bits per heavy atom. The fraction of sp³-hybridized carbons (Fsp3) is 0.529. The molecule has 1 rings (SSSR count). The summed E-state index contributed by atoms with van der Waals surface area (Å²) in [6.45, 7) is 9.73. The first-order valence-corrected chi connectivity index (χ1v) is 8.27. The molecule has 0 fully saturated rings. The van der Waals surface area contributed by atoms with Gasteiger partial charge in [-0.05, 0) is 32.3 Å². The zero-order valence-electron chi connectivity index (χ0n) is 13.4. The van der Waals surface area contributed by atoms with Gasteiger partial charge in [-0.15, -0.1) is 11.8 Å². The SMILES string of the molecule is CC(C)c1ccc(C(=O)CSCC(=O)OC(C)(C)C)cc1. The monoisotopic (exact) mass is 308 g/mol. The van der Waals surface area contributed by atoms with Crippen molar-refractivity contribution in [2.75, 3.05) is 11.5 Å². The normalized spacial score (nSPS) is 11.5. The van der Waals surface area contributed by atoms with E-state index >= 15 is 0 Å². The van der Waals surface area contributed by atoms with E-state index in [1.807, 2.05) is 45.0 Å². The van der Waals surface area contributed by atoms with Gasteiger partial charge in [-0.1, -0.05) is 38.1 Å². The van der Waals surface area contributed by atoms with Crippen molar-refractivity contribution in [2.45, 2.75) is 46.1 Å². The molecule has 1 aromatic rings. The standard InChI is InChI=1S/C17H24O3S/c1-12(2)13-6-8-14(9-7-13)15(18)10-21-11-16(19)20-17(3,4)5/h6-9,12H,10-11H2,1-5H3. The molecule has 0 spiro atoms. The number of Topliss-reactive ketones (excluding diaryl/α,β-unsaturated/α-hetero) is 1. The Morgan fingerprint density at radius 1 is 1.10 bits per heavy atom. The molecule has 21 heavy (non-hydrogen) atoms. The molecule has 0 saturated heterocycles. The van der Waals surface area contributed by atoms with Crippen LogP contribution in [0.25, 0.3) is 0 Å². The van der Waals surface area contributed by atoms with Crippen LogP contribution in [0.4, 0.5) is 0 Å². The lowest BCUT2D eigenvalue weighted by molar-refractivity contribution is -0.151. The number of hydrogen-bond acceptors (Lipinski definition) is 4. The lowest BCUT2D eigenvalue weighted by Gasteiger charge is -2.19. The Hall–Kier alpha value is -1.29. The summed E-state index contributed by atoms with van der Waals surface area (Å²) < 4.78 is 5.20. The highest BCUT2D eigenvalue weighted by Crippen LogP contribution is 2.16. The van der Waals surface area contributed by atoms with E-state index in [1.54, 1.807) is 0 Å². The Kier molecular flexibility index (Phi) is 6.46. The van der Waals surface area contributed by atoms with Gasteiger partial charge in [0.25, 0.3) is 0 Å². The van der Waals surface area contributed by atoms with Gasteiger partial charge in [-0.25, -0.2) is 0 Å². The lowest BCUT2D eigenvalue weighted by atomic mass is 10.0. The summed E-state index contributed by atoms with van der Waals surface area (Å²) >= 11 is 1.29. The van der Waals surface area contributed by atoms with Crippen LogP contribution in [0.2, 0.25) is 0 Å². The van der Waals surface area contributed by atoms with Crippen LogP contribution in [0.1, 0.15) is 56.5 Å². The van der Waals surface area contributed by atoms with E-state index in [-0.39, 0.29) is 17.5 Å². The van der Waals surface area contributed by atoms with Crippen molar-refractivity contribution in [3.63, 3.8) is 0 Å². The number of ketones is 1. The largest absolute Gasteiger partial charge is 0.459 e. The fourth-order valence-corrected chi connectivity index (χ4v) is 2.41. The minimum atomic E-state index is -0.478. The third-order valence-corrected chi connectivity index (χ3v) is 3.68. The molecule has 0 saturated carbocycles. The van der Waals surface area contributed by atoms with Gasteiger partial charge in [0.1, 0.15) is 5.60 Å². The summed E-state index contributed by atoms with van der Waals surface area (Å²) in [5, 5.41) is 0. The summed E-state index contributed by atoms with van der Waals surface area (Å²) in [5.41, 5.74) is 1.43. The van der Waals surface area contributed by atoms with Crippen molar-refractivity contribution >= 4 is 23.5 Å². The van der Waals surface area contributed by atoms with Gasteiger partial charge in [0, 0.05) is 5.56 Å². The van der Waals surface area contributed by atoms with Crippen LogP contribution in [-0.4, -0.2) is 28.9 Å². The highest BCUT2D eigenvalue weighted by atomic mass is 32.2. The maximum atomic E-state index is 12.0. The number of thioether (sulfide) groups is 1. The van der Waals surface area contributed by atoms with Crippen molar-refractivity contribution in [2.24, 2.45) is 0 Å². The molecule has 1 aromatic carbocycles. The van der Waals surface area contributed by atoms with Gasteiger partial charge in [-0.2, -0.15) is 0 Å². The van der Waals surface area contributed by atoms with Crippen molar-refractivity contribution < 1.29 is 14.3 Å². The molecule has 116 valence electrons. The van der Waals surface area contributed by atoms with Crippen LogP contribution in [0.15, 0.2) is 24.3 Å². The molecular weight excluding hydrogens is 284 g/mol. The highest BCUT2D eigenvalue weighted by Gasteiger charge is 2.16. The number of benzene rings is 1. The molecular formula is C17H24O3S. The van der Waals surface area contributed by atoms with E-state index in [9.17, 15) is 9.59 Å². The number of carbonyl (C=O) groups excluding carboxylic acids is 2. The second-order valence-corrected chi connectivity index (χ2v) is 7.26. The molecule has 0 aliphatic heterocycles. The van der Waals surface area contributed by atoms with Gasteiger partial charge in [0.15, 0.2) is 5.78 Å². The molecule has 0 amide bonds. The first kappa shape index (κ1) is 17.8. The van der Waals surface area contributed by atoms with Crippen molar-refractivity contribution in [1.29, 1.82) is 0 Å². The molecule has 0 heterocycles. The first-order chi connectivity index (χ1) is 9.69. The number of rotatable bonds is 6. The highest BCUT2D eigenvalue weighted by molar-refractivity contribution is 8.00. The van der Waals surface area contributed by atoms with Crippen molar-refractivity contribution in [3.8, 4) is 0 Å². The quantitative estimate of drug-likeness (QED) is 0.587. The smallest absolute Gasteiger partial charge is 0.316 e. The molecule has 0 radical (unpaired) electrons. The predicted octanol–water partition coefficient (Wildman–Crippen LogP) is 4.07. The predicted molar refractivity (Wildman–Crippen MR) is 88.0 cm³/mol. The number of hydrogen-bond donors (Lipinski definition) is 0. The van der Waals surface area contributed by atoms with Gasteiger partial charge in [0.05, 0.1) is 11.5 Å². The second-order valence-electron chi connectivity index (χ2n) is 6.28. The maximum Gasteiger partial charge on any atom is 0.316 e. The van der Waals surface area contributed by atoms with E-state index < -0.39 is 5.60 Å². The minimum Gasteiger partial charge on any atom is -0.459 e. The summed E-state index contributed by atoms with van der Waals surface area (Å²) in [5.74, 6) is 0.706. The average molecular weight is 308 g/mol. The van der Waals surface area contributed by atoms with Gasteiger partial charge < -0.3 is 4.74 Å². The number of esters is 1. The number of carbonyl (C=O) groups is 2. The van der Waals surface area contributed by atoms with Crippen LogP contribution in [-0.2, 0) is 9.53 Å². The summed E-state index contributed by atoms with van der Waals surface area (Å²) in [4.78, 5) is 23.6. The zero-order valence-corrected chi connectivity index (χ0v) is 14.3. The lowest BCUT2D eigenvalue weighted by Crippen LogP contribution is -2.25. The van der Waals surface area contributed by atoms with Crippen molar-refractivity contribution in [1.82, 2.24) is 0 Å². The molecule has 4 heteroatoms. The van der Waals surface area contributed by atoms with Gasteiger partial charge in [0.2, 0.25) is 0 Å². The third kappa shape index (κ3) is 6.80. The van der Waals surface area contributed by atoms with Gasteiger partial charge in [-0.3, -0.25) is 9.59 Å².